The Morgan fingerprint density at radius 3 is 2.44 bits per heavy atom. The Morgan fingerprint density at radius 2 is 1.78 bits per heavy atom. The zero-order valence-corrected chi connectivity index (χ0v) is 19.4. The number of nitrogens with zero attached hydrogens (tertiary/aromatic N) is 2. The minimum Gasteiger partial charge on any atom is -0.490 e. The zero-order chi connectivity index (χ0) is 26.2. The van der Waals surface area contributed by atoms with E-state index >= 15 is 0 Å². The number of anilines is 2. The van der Waals surface area contributed by atoms with Crippen molar-refractivity contribution in [2.75, 3.05) is 31.4 Å². The number of amides is 1. The normalized spacial score (nSPS) is 10.0. The number of benzene rings is 2. The van der Waals surface area contributed by atoms with Crippen LogP contribution in [0.4, 0.5) is 11.5 Å². The van der Waals surface area contributed by atoms with E-state index in [9.17, 15) is 24.9 Å². The highest BCUT2D eigenvalue weighted by Gasteiger charge is 2.20. The molecule has 3 rings (SSSR count). The van der Waals surface area contributed by atoms with E-state index in [-0.39, 0.29) is 51.9 Å². The van der Waals surface area contributed by atoms with E-state index in [2.05, 4.69) is 10.3 Å². The van der Waals surface area contributed by atoms with Crippen molar-refractivity contribution in [3.8, 4) is 34.8 Å². The Bertz CT molecular complexity index is 1470. The molecule has 36 heavy (non-hydrogen) atoms. The maximum atomic E-state index is 12.5. The highest BCUT2D eigenvalue weighted by molar-refractivity contribution is 6.01. The van der Waals surface area contributed by atoms with Crippen LogP contribution in [0.1, 0.15) is 28.4 Å². The van der Waals surface area contributed by atoms with E-state index in [4.69, 9.17) is 19.9 Å². The number of hydrogen-bond donors (Lipinski definition) is 3. The van der Waals surface area contributed by atoms with E-state index in [1.165, 1.54) is 31.4 Å². The van der Waals surface area contributed by atoms with Gasteiger partial charge in [0.1, 0.15) is 29.1 Å². The third-order valence-electron chi connectivity index (χ3n) is 4.97. The third-order valence-corrected chi connectivity index (χ3v) is 4.97. The van der Waals surface area contributed by atoms with Crippen LogP contribution in [-0.4, -0.2) is 37.2 Å². The van der Waals surface area contributed by atoms with E-state index in [0.29, 0.717) is 5.56 Å². The maximum Gasteiger partial charge on any atom is 0.339 e. The molecular formula is C25H21N5O6. The quantitative estimate of drug-likeness (QED) is 0.402. The van der Waals surface area contributed by atoms with Gasteiger partial charge in [0.15, 0.2) is 18.1 Å². The Kier molecular flexibility index (Phi) is 7.90. The predicted octanol–water partition coefficient (Wildman–Crippen LogP) is 2.57. The van der Waals surface area contributed by atoms with Crippen molar-refractivity contribution < 1.29 is 23.8 Å². The summed E-state index contributed by atoms with van der Waals surface area (Å²) in [5, 5.41) is 21.6. The summed E-state index contributed by atoms with van der Waals surface area (Å²) in [5.74, 6) is -0.899. The molecule has 182 valence electrons. The first-order valence-corrected chi connectivity index (χ1v) is 10.6. The number of ether oxygens (including phenoxy) is 3. The number of carbonyl (C=O) groups excluding carboxylic acids is 2. The minimum absolute atomic E-state index is 0.0610. The molecule has 0 bridgehead atoms. The predicted molar refractivity (Wildman–Crippen MR) is 129 cm³/mol. The van der Waals surface area contributed by atoms with Crippen molar-refractivity contribution in [1.29, 1.82) is 10.5 Å². The van der Waals surface area contributed by atoms with E-state index in [1.54, 1.807) is 31.2 Å². The minimum atomic E-state index is -0.730. The number of para-hydroxylation sites is 1. The Morgan fingerprint density at radius 1 is 1.06 bits per heavy atom. The van der Waals surface area contributed by atoms with Crippen LogP contribution in [0, 0.1) is 22.7 Å². The third kappa shape index (κ3) is 5.26. The average Bonchev–Trinajstić information content (AvgIpc) is 2.87. The number of aromatic nitrogens is 1. The number of carbonyl (C=O) groups is 2. The van der Waals surface area contributed by atoms with Crippen LogP contribution in [-0.2, 0) is 9.53 Å². The lowest BCUT2D eigenvalue weighted by Crippen LogP contribution is -2.22. The number of nitriles is 2. The second-order valence-corrected chi connectivity index (χ2v) is 7.18. The first kappa shape index (κ1) is 25.3. The molecule has 0 spiro atoms. The van der Waals surface area contributed by atoms with E-state index in [1.807, 2.05) is 6.07 Å². The highest BCUT2D eigenvalue weighted by atomic mass is 16.5. The van der Waals surface area contributed by atoms with Gasteiger partial charge in [-0.15, -0.1) is 0 Å². The van der Waals surface area contributed by atoms with Crippen LogP contribution in [0.25, 0.3) is 11.1 Å². The fraction of sp³-hybridized carbons (Fsp3) is 0.160. The molecular weight excluding hydrogens is 466 g/mol. The summed E-state index contributed by atoms with van der Waals surface area (Å²) in [6.45, 7) is 1.56. The van der Waals surface area contributed by atoms with Crippen LogP contribution in [0.15, 0.2) is 47.3 Å². The van der Waals surface area contributed by atoms with Gasteiger partial charge in [-0.2, -0.15) is 10.5 Å². The van der Waals surface area contributed by atoms with Gasteiger partial charge >= 0.3 is 5.97 Å². The molecule has 11 heteroatoms. The van der Waals surface area contributed by atoms with Crippen molar-refractivity contribution in [2.24, 2.45) is 0 Å². The van der Waals surface area contributed by atoms with Crippen LogP contribution in [0.2, 0.25) is 0 Å². The molecule has 0 aliphatic heterocycles. The average molecular weight is 487 g/mol. The number of H-pyrrole nitrogens is 1. The van der Waals surface area contributed by atoms with Gasteiger partial charge in [-0.25, -0.2) is 4.79 Å². The lowest BCUT2D eigenvalue weighted by Gasteiger charge is -2.15. The summed E-state index contributed by atoms with van der Waals surface area (Å²) in [4.78, 5) is 38.9. The number of pyridine rings is 1. The summed E-state index contributed by atoms with van der Waals surface area (Å²) < 4.78 is 16.0. The molecule has 0 aliphatic rings. The standard InChI is InChI=1S/C25H21N5O6/c1-3-35-20-10-14(22-16(11-26)23(28)30-24(32)17(22)12-27)8-9-19(20)36-13-21(31)29-18-7-5-4-6-15(18)25(33)34-2/h4-10H,3,13H2,1-2H3,(H,29,31)(H3,28,30,32). The van der Waals surface area contributed by atoms with Gasteiger partial charge in [-0.1, -0.05) is 18.2 Å². The molecule has 1 amide bonds. The fourth-order valence-corrected chi connectivity index (χ4v) is 3.39. The fourth-order valence-electron chi connectivity index (χ4n) is 3.39. The molecule has 0 saturated heterocycles. The molecule has 3 aromatic rings. The molecule has 2 aromatic carbocycles. The summed E-state index contributed by atoms with van der Waals surface area (Å²) >= 11 is 0. The van der Waals surface area contributed by atoms with Gasteiger partial charge in [0.2, 0.25) is 0 Å². The molecule has 11 nitrogen and oxygen atoms in total. The monoisotopic (exact) mass is 487 g/mol. The van der Waals surface area contributed by atoms with Crippen molar-refractivity contribution >= 4 is 23.4 Å². The van der Waals surface area contributed by atoms with Crippen molar-refractivity contribution in [1.82, 2.24) is 4.98 Å². The molecule has 1 heterocycles. The summed E-state index contributed by atoms with van der Waals surface area (Å²) in [7, 11) is 1.24. The van der Waals surface area contributed by atoms with E-state index in [0.717, 1.165) is 0 Å². The number of aromatic amines is 1. The number of nitrogens with one attached hydrogen (secondary N) is 2. The number of rotatable bonds is 8. The second-order valence-electron chi connectivity index (χ2n) is 7.18. The summed E-state index contributed by atoms with van der Waals surface area (Å²) in [5.41, 5.74) is 5.55. The molecule has 0 unspecified atom stereocenters. The van der Waals surface area contributed by atoms with Gasteiger partial charge in [-0.3, -0.25) is 9.59 Å². The molecule has 0 fully saturated rings. The molecule has 0 radical (unpaired) electrons. The van der Waals surface area contributed by atoms with Crippen molar-refractivity contribution in [3.05, 3.63) is 69.5 Å². The SMILES string of the molecule is CCOc1cc(-c2c(C#N)c(N)[nH]c(=O)c2C#N)ccc1OCC(=O)Nc1ccccc1C(=O)OC. The summed E-state index contributed by atoms with van der Waals surface area (Å²) in [6, 6.07) is 14.5. The smallest absolute Gasteiger partial charge is 0.339 e. The summed E-state index contributed by atoms with van der Waals surface area (Å²) in [6.07, 6.45) is 0. The molecule has 4 N–H and O–H groups in total. The van der Waals surface area contributed by atoms with Gasteiger partial charge in [0.25, 0.3) is 11.5 Å². The van der Waals surface area contributed by atoms with Gasteiger partial charge in [-0.05, 0) is 36.8 Å². The molecule has 0 aliphatic carbocycles. The van der Waals surface area contributed by atoms with Gasteiger partial charge < -0.3 is 30.2 Å². The van der Waals surface area contributed by atoms with Crippen molar-refractivity contribution in [3.63, 3.8) is 0 Å². The molecule has 0 atom stereocenters. The van der Waals surface area contributed by atoms with Crippen LogP contribution in [0.3, 0.4) is 0 Å². The molecule has 0 saturated carbocycles. The van der Waals surface area contributed by atoms with Gasteiger partial charge in [0.05, 0.1) is 25.0 Å². The topological polar surface area (TPSA) is 180 Å². The Labute approximate surface area is 205 Å². The Balaban J connectivity index is 1.89. The zero-order valence-electron chi connectivity index (χ0n) is 19.4. The van der Waals surface area contributed by atoms with Crippen LogP contribution >= 0.6 is 0 Å². The number of nitrogens with two attached hydrogens (primary N) is 1. The number of methoxy groups -OCH3 is 1. The van der Waals surface area contributed by atoms with Crippen LogP contribution < -0.4 is 26.1 Å². The highest BCUT2D eigenvalue weighted by Crippen LogP contribution is 2.36. The lowest BCUT2D eigenvalue weighted by atomic mass is 9.96. The maximum absolute atomic E-state index is 12.5. The van der Waals surface area contributed by atoms with Gasteiger partial charge in [0, 0.05) is 5.56 Å². The van der Waals surface area contributed by atoms with Crippen LogP contribution in [0.5, 0.6) is 11.5 Å². The first-order chi connectivity index (χ1) is 17.3. The number of nitrogen functional groups attached to an aromatic ring is 1. The molecule has 1 aromatic heterocycles. The largest absolute Gasteiger partial charge is 0.490 e. The lowest BCUT2D eigenvalue weighted by molar-refractivity contribution is -0.118. The number of esters is 1. The second kappa shape index (κ2) is 11.2. The Hall–Kier alpha value is -5.29. The van der Waals surface area contributed by atoms with Crippen molar-refractivity contribution in [2.45, 2.75) is 6.92 Å². The van der Waals surface area contributed by atoms with E-state index < -0.39 is 24.0 Å². The first-order valence-electron chi connectivity index (χ1n) is 10.6. The number of hydrogen-bond acceptors (Lipinski definition) is 9.